The molecule has 0 spiro atoms. The molecule has 1 saturated carbocycles. The molecule has 0 radical (unpaired) electrons. The molecular weight excluding hydrogens is 236 g/mol. The molecule has 1 atom stereocenters. The summed E-state index contributed by atoms with van der Waals surface area (Å²) >= 11 is 0. The predicted molar refractivity (Wildman–Crippen MR) is 78.5 cm³/mol. The molecule has 2 fully saturated rings. The largest absolute Gasteiger partial charge is 0.380 e. The molecule has 3 heteroatoms. The summed E-state index contributed by atoms with van der Waals surface area (Å²) in [4.78, 5) is 2.55. The number of benzene rings is 1. The number of nitrogens with zero attached hydrogens (tertiary/aromatic N) is 1. The fourth-order valence-corrected chi connectivity index (χ4v) is 3.08. The Hall–Kier alpha value is -1.06. The Morgan fingerprint density at radius 1 is 1.32 bits per heavy atom. The van der Waals surface area contributed by atoms with E-state index in [0.717, 1.165) is 25.6 Å². The Labute approximate surface area is 115 Å². The Morgan fingerprint density at radius 2 is 2.16 bits per heavy atom. The minimum absolute atomic E-state index is 0.679. The average molecular weight is 260 g/mol. The standard InChI is InChI=1S/C16H24N2O/c1-19-12-14-5-2-3-6-16(14)18-10-4-9-17-15(11-18)13-7-8-13/h2-3,5-6,13,15,17H,4,7-12H2,1H3. The van der Waals surface area contributed by atoms with E-state index in [1.165, 1.54) is 30.5 Å². The number of para-hydroxylation sites is 1. The van der Waals surface area contributed by atoms with Crippen molar-refractivity contribution in [3.05, 3.63) is 29.8 Å². The minimum atomic E-state index is 0.679. The molecule has 1 aliphatic carbocycles. The van der Waals surface area contributed by atoms with Crippen LogP contribution >= 0.6 is 0 Å². The van der Waals surface area contributed by atoms with Crippen LogP contribution in [-0.2, 0) is 11.3 Å². The van der Waals surface area contributed by atoms with Crippen molar-refractivity contribution in [2.75, 3.05) is 31.6 Å². The molecule has 1 unspecified atom stereocenters. The molecular formula is C16H24N2O. The summed E-state index contributed by atoms with van der Waals surface area (Å²) in [6.07, 6.45) is 4.04. The first-order valence-electron chi connectivity index (χ1n) is 7.43. The van der Waals surface area contributed by atoms with Gasteiger partial charge >= 0.3 is 0 Å². The minimum Gasteiger partial charge on any atom is -0.380 e. The van der Waals surface area contributed by atoms with Crippen LogP contribution in [0.3, 0.4) is 0 Å². The van der Waals surface area contributed by atoms with Gasteiger partial charge in [-0.2, -0.15) is 0 Å². The topological polar surface area (TPSA) is 24.5 Å². The third-order valence-electron chi connectivity index (χ3n) is 4.25. The zero-order valence-electron chi connectivity index (χ0n) is 11.8. The Morgan fingerprint density at radius 3 is 2.95 bits per heavy atom. The van der Waals surface area contributed by atoms with E-state index < -0.39 is 0 Å². The molecule has 0 amide bonds. The highest BCUT2D eigenvalue weighted by atomic mass is 16.5. The quantitative estimate of drug-likeness (QED) is 0.900. The number of nitrogens with one attached hydrogen (secondary N) is 1. The summed E-state index contributed by atoms with van der Waals surface area (Å²) in [6.45, 7) is 4.15. The zero-order valence-corrected chi connectivity index (χ0v) is 11.8. The van der Waals surface area contributed by atoms with Crippen molar-refractivity contribution >= 4 is 5.69 Å². The SMILES string of the molecule is COCc1ccccc1N1CCCNC(C2CC2)C1. The molecule has 1 aromatic carbocycles. The Bertz CT molecular complexity index is 417. The second-order valence-electron chi connectivity index (χ2n) is 5.76. The van der Waals surface area contributed by atoms with E-state index in [4.69, 9.17) is 4.74 Å². The van der Waals surface area contributed by atoms with E-state index in [1.54, 1.807) is 7.11 Å². The molecule has 0 bridgehead atoms. The highest BCUT2D eigenvalue weighted by Crippen LogP contribution is 2.34. The molecule has 3 nitrogen and oxygen atoms in total. The van der Waals surface area contributed by atoms with E-state index in [2.05, 4.69) is 34.5 Å². The fourth-order valence-electron chi connectivity index (χ4n) is 3.08. The lowest BCUT2D eigenvalue weighted by Crippen LogP contribution is -2.39. The summed E-state index contributed by atoms with van der Waals surface area (Å²) in [5.41, 5.74) is 2.67. The maximum Gasteiger partial charge on any atom is 0.0733 e. The molecule has 1 N–H and O–H groups in total. The van der Waals surface area contributed by atoms with E-state index in [9.17, 15) is 0 Å². The van der Waals surface area contributed by atoms with Crippen molar-refractivity contribution in [2.24, 2.45) is 5.92 Å². The van der Waals surface area contributed by atoms with Gasteiger partial charge in [0.1, 0.15) is 0 Å². The van der Waals surface area contributed by atoms with Gasteiger partial charge in [-0.3, -0.25) is 0 Å². The second-order valence-corrected chi connectivity index (χ2v) is 5.76. The molecule has 3 rings (SSSR count). The van der Waals surface area contributed by atoms with Gasteiger partial charge in [0.2, 0.25) is 0 Å². The van der Waals surface area contributed by atoms with Gasteiger partial charge in [-0.05, 0) is 37.8 Å². The first-order valence-corrected chi connectivity index (χ1v) is 7.43. The number of rotatable bonds is 4. The number of anilines is 1. The highest BCUT2D eigenvalue weighted by molar-refractivity contribution is 5.53. The van der Waals surface area contributed by atoms with Crippen LogP contribution in [0, 0.1) is 5.92 Å². The van der Waals surface area contributed by atoms with Crippen LogP contribution in [0.5, 0.6) is 0 Å². The molecule has 1 heterocycles. The van der Waals surface area contributed by atoms with Gasteiger partial charge in [-0.25, -0.2) is 0 Å². The Balaban J connectivity index is 1.78. The summed E-state index contributed by atoms with van der Waals surface area (Å²) < 4.78 is 5.33. The van der Waals surface area contributed by atoms with Crippen LogP contribution in [0.15, 0.2) is 24.3 Å². The van der Waals surface area contributed by atoms with Crippen molar-refractivity contribution < 1.29 is 4.74 Å². The maximum absolute atomic E-state index is 5.33. The van der Waals surface area contributed by atoms with Crippen molar-refractivity contribution in [2.45, 2.75) is 31.9 Å². The van der Waals surface area contributed by atoms with Gasteiger partial charge in [-0.1, -0.05) is 18.2 Å². The number of hydrogen-bond acceptors (Lipinski definition) is 3. The molecule has 1 saturated heterocycles. The molecule has 104 valence electrons. The van der Waals surface area contributed by atoms with Crippen molar-refractivity contribution in [3.8, 4) is 0 Å². The number of ether oxygens (including phenoxy) is 1. The van der Waals surface area contributed by atoms with Gasteiger partial charge < -0.3 is 15.0 Å². The summed E-state index contributed by atoms with van der Waals surface area (Å²) in [5.74, 6) is 0.912. The van der Waals surface area contributed by atoms with Crippen LogP contribution in [0.1, 0.15) is 24.8 Å². The van der Waals surface area contributed by atoms with Crippen molar-refractivity contribution in [1.29, 1.82) is 0 Å². The van der Waals surface area contributed by atoms with Gasteiger partial charge in [0.05, 0.1) is 6.61 Å². The molecule has 1 aliphatic heterocycles. The van der Waals surface area contributed by atoms with Crippen molar-refractivity contribution in [1.82, 2.24) is 5.32 Å². The van der Waals surface area contributed by atoms with Gasteiger partial charge in [0, 0.05) is 37.5 Å². The molecule has 1 aromatic rings. The fraction of sp³-hybridized carbons (Fsp3) is 0.625. The van der Waals surface area contributed by atoms with Crippen molar-refractivity contribution in [3.63, 3.8) is 0 Å². The summed E-state index contributed by atoms with van der Waals surface area (Å²) in [5, 5.41) is 3.72. The smallest absolute Gasteiger partial charge is 0.0733 e. The Kier molecular flexibility index (Phi) is 4.04. The number of hydrogen-bond donors (Lipinski definition) is 1. The average Bonchev–Trinajstić information content (AvgIpc) is 3.26. The third kappa shape index (κ3) is 3.10. The zero-order chi connectivity index (χ0) is 13.1. The second kappa shape index (κ2) is 5.93. The van der Waals surface area contributed by atoms with E-state index in [-0.39, 0.29) is 0 Å². The molecule has 0 aromatic heterocycles. The predicted octanol–water partition coefficient (Wildman–Crippen LogP) is 2.41. The van der Waals surface area contributed by atoms with Crippen LogP contribution in [0.2, 0.25) is 0 Å². The lowest BCUT2D eigenvalue weighted by atomic mass is 10.1. The van der Waals surface area contributed by atoms with Crippen LogP contribution in [0.25, 0.3) is 0 Å². The lowest BCUT2D eigenvalue weighted by Gasteiger charge is -2.28. The first kappa shape index (κ1) is 12.9. The molecule has 2 aliphatic rings. The van der Waals surface area contributed by atoms with Gasteiger partial charge in [0.15, 0.2) is 0 Å². The van der Waals surface area contributed by atoms with Gasteiger partial charge in [-0.15, -0.1) is 0 Å². The first-order chi connectivity index (χ1) is 9.38. The van der Waals surface area contributed by atoms with Crippen LogP contribution in [0.4, 0.5) is 5.69 Å². The number of methoxy groups -OCH3 is 1. The summed E-state index contributed by atoms with van der Waals surface area (Å²) in [6, 6.07) is 9.34. The maximum atomic E-state index is 5.33. The van der Waals surface area contributed by atoms with E-state index >= 15 is 0 Å². The monoisotopic (exact) mass is 260 g/mol. The normalized spacial score (nSPS) is 24.3. The van der Waals surface area contributed by atoms with Gasteiger partial charge in [0.25, 0.3) is 0 Å². The lowest BCUT2D eigenvalue weighted by molar-refractivity contribution is 0.185. The molecule has 19 heavy (non-hydrogen) atoms. The highest BCUT2D eigenvalue weighted by Gasteiger charge is 2.33. The summed E-state index contributed by atoms with van der Waals surface area (Å²) in [7, 11) is 1.77. The van der Waals surface area contributed by atoms with E-state index in [0.29, 0.717) is 12.6 Å². The van der Waals surface area contributed by atoms with Crippen LogP contribution in [-0.4, -0.2) is 32.8 Å². The van der Waals surface area contributed by atoms with Crippen LogP contribution < -0.4 is 10.2 Å². The third-order valence-corrected chi connectivity index (χ3v) is 4.25. The van der Waals surface area contributed by atoms with E-state index in [1.807, 2.05) is 0 Å².